The normalized spacial score (nSPS) is 10.1. The van der Waals surface area contributed by atoms with Crippen LogP contribution in [0.1, 0.15) is 29.2 Å². The molecule has 0 atom stereocenters. The molecule has 0 saturated carbocycles. The molecule has 0 aliphatic heterocycles. The van der Waals surface area contributed by atoms with Gasteiger partial charge in [-0.25, -0.2) is 9.83 Å². The summed E-state index contributed by atoms with van der Waals surface area (Å²) in [6, 6.07) is 9.59. The van der Waals surface area contributed by atoms with Crippen LogP contribution in [0.3, 0.4) is 0 Å². The van der Waals surface area contributed by atoms with E-state index in [4.69, 9.17) is 11.7 Å². The standard InChI is InChI=1S/C20H20N4O2S/c1-5-15-16(11-21)20(23-19(24(3)4)18(15)22-2)27-12-14-8-6-13(7-9-14)10-17(25)26/h6-9H,5,10,12H2,1,3-4H3,(H,25,26). The Morgan fingerprint density at radius 3 is 2.44 bits per heavy atom. The van der Waals surface area contributed by atoms with E-state index in [2.05, 4.69) is 15.9 Å². The Bertz CT molecular complexity index is 925. The lowest BCUT2D eigenvalue weighted by molar-refractivity contribution is -0.136. The second kappa shape index (κ2) is 9.07. The molecule has 1 N–H and O–H groups in total. The smallest absolute Gasteiger partial charge is 0.307 e. The highest BCUT2D eigenvalue weighted by Crippen LogP contribution is 2.38. The van der Waals surface area contributed by atoms with Crippen molar-refractivity contribution in [1.82, 2.24) is 4.98 Å². The molecule has 1 aromatic carbocycles. The highest BCUT2D eigenvalue weighted by molar-refractivity contribution is 7.98. The maximum Gasteiger partial charge on any atom is 0.307 e. The van der Waals surface area contributed by atoms with Gasteiger partial charge < -0.3 is 10.0 Å². The van der Waals surface area contributed by atoms with Gasteiger partial charge in [0.1, 0.15) is 16.9 Å². The third kappa shape index (κ3) is 4.78. The molecule has 0 spiro atoms. The monoisotopic (exact) mass is 380 g/mol. The average molecular weight is 380 g/mol. The summed E-state index contributed by atoms with van der Waals surface area (Å²) in [5.74, 6) is 0.311. The number of carboxylic acids is 1. The summed E-state index contributed by atoms with van der Waals surface area (Å²) >= 11 is 1.45. The number of hydrogen-bond acceptors (Lipinski definition) is 5. The average Bonchev–Trinajstić information content (AvgIpc) is 2.65. The maximum absolute atomic E-state index is 10.8. The minimum absolute atomic E-state index is 0.00228. The molecule has 0 aliphatic carbocycles. The molecule has 0 saturated heterocycles. The van der Waals surface area contributed by atoms with Crippen molar-refractivity contribution in [2.75, 3.05) is 19.0 Å². The third-order valence-electron chi connectivity index (χ3n) is 3.98. The number of nitrogens with zero attached hydrogens (tertiary/aromatic N) is 4. The summed E-state index contributed by atoms with van der Waals surface area (Å²) < 4.78 is 0. The number of carbonyl (C=O) groups is 1. The number of rotatable bonds is 7. The minimum Gasteiger partial charge on any atom is -0.481 e. The number of aromatic nitrogens is 1. The molecule has 0 fully saturated rings. The van der Waals surface area contributed by atoms with E-state index in [-0.39, 0.29) is 6.42 Å². The summed E-state index contributed by atoms with van der Waals surface area (Å²) in [5.41, 5.74) is 3.38. The number of thioether (sulfide) groups is 1. The van der Waals surface area contributed by atoms with Crippen molar-refractivity contribution < 1.29 is 9.90 Å². The van der Waals surface area contributed by atoms with E-state index < -0.39 is 5.97 Å². The number of aliphatic carboxylic acids is 1. The first-order chi connectivity index (χ1) is 12.9. The molecular weight excluding hydrogens is 360 g/mol. The molecule has 1 heterocycles. The molecule has 2 rings (SSSR count). The second-order valence-corrected chi connectivity index (χ2v) is 7.05. The summed E-state index contributed by atoms with van der Waals surface area (Å²) in [6.07, 6.45) is 0.582. The highest BCUT2D eigenvalue weighted by Gasteiger charge is 2.20. The summed E-state index contributed by atoms with van der Waals surface area (Å²) in [6.45, 7) is 9.40. The zero-order valence-corrected chi connectivity index (χ0v) is 16.3. The van der Waals surface area contributed by atoms with E-state index in [0.29, 0.717) is 34.3 Å². The van der Waals surface area contributed by atoms with Gasteiger partial charge in [-0.1, -0.05) is 31.2 Å². The van der Waals surface area contributed by atoms with Crippen molar-refractivity contribution in [1.29, 1.82) is 5.26 Å². The van der Waals surface area contributed by atoms with Gasteiger partial charge in [0.25, 0.3) is 0 Å². The SMILES string of the molecule is [C-]#[N+]c1c(N(C)C)nc(SCc2ccc(CC(=O)O)cc2)c(C#N)c1CC. The van der Waals surface area contributed by atoms with Crippen molar-refractivity contribution in [3.8, 4) is 6.07 Å². The van der Waals surface area contributed by atoms with E-state index in [1.807, 2.05) is 33.2 Å². The fraction of sp³-hybridized carbons (Fsp3) is 0.300. The van der Waals surface area contributed by atoms with Crippen LogP contribution in [0.2, 0.25) is 0 Å². The molecule has 6 nitrogen and oxygen atoms in total. The number of pyridine rings is 1. The lowest BCUT2D eigenvalue weighted by Crippen LogP contribution is -2.13. The quantitative estimate of drug-likeness (QED) is 0.576. The van der Waals surface area contributed by atoms with Gasteiger partial charge in [0.15, 0.2) is 0 Å². The molecule has 27 heavy (non-hydrogen) atoms. The van der Waals surface area contributed by atoms with E-state index in [1.54, 1.807) is 17.0 Å². The molecule has 1 aromatic heterocycles. The molecule has 0 amide bonds. The van der Waals surface area contributed by atoms with Crippen LogP contribution in [0.5, 0.6) is 0 Å². The summed E-state index contributed by atoms with van der Waals surface area (Å²) in [7, 11) is 3.66. The van der Waals surface area contributed by atoms with Gasteiger partial charge in [0.2, 0.25) is 5.69 Å². The number of benzene rings is 1. The van der Waals surface area contributed by atoms with Crippen molar-refractivity contribution in [2.45, 2.75) is 30.5 Å². The van der Waals surface area contributed by atoms with Crippen molar-refractivity contribution >= 4 is 29.2 Å². The molecule has 138 valence electrons. The van der Waals surface area contributed by atoms with Crippen molar-refractivity contribution in [3.63, 3.8) is 0 Å². The third-order valence-corrected chi connectivity index (χ3v) is 5.02. The van der Waals surface area contributed by atoms with E-state index in [9.17, 15) is 10.1 Å². The Kier molecular flexibility index (Phi) is 6.81. The second-order valence-electron chi connectivity index (χ2n) is 6.09. The Labute approximate surface area is 163 Å². The Hall–Kier alpha value is -3.03. The van der Waals surface area contributed by atoms with Gasteiger partial charge in [-0.2, -0.15) is 5.26 Å². The Balaban J connectivity index is 2.33. The van der Waals surface area contributed by atoms with Crippen LogP contribution in [-0.2, 0) is 23.4 Å². The van der Waals surface area contributed by atoms with Gasteiger partial charge in [0.05, 0.1) is 18.6 Å². The first-order valence-electron chi connectivity index (χ1n) is 8.35. The molecule has 7 heteroatoms. The predicted octanol–water partition coefficient (Wildman–Crippen LogP) is 4.05. The zero-order chi connectivity index (χ0) is 20.0. The van der Waals surface area contributed by atoms with Crippen molar-refractivity contribution in [3.05, 3.63) is 57.9 Å². The number of anilines is 1. The highest BCUT2D eigenvalue weighted by atomic mass is 32.2. The molecule has 0 unspecified atom stereocenters. The van der Waals surface area contributed by atoms with E-state index in [0.717, 1.165) is 16.7 Å². The van der Waals surface area contributed by atoms with Crippen LogP contribution in [0.15, 0.2) is 29.3 Å². The molecule has 0 bridgehead atoms. The van der Waals surface area contributed by atoms with Gasteiger partial charge in [-0.05, 0) is 23.1 Å². The Morgan fingerprint density at radius 1 is 1.33 bits per heavy atom. The largest absolute Gasteiger partial charge is 0.481 e. The number of hydrogen-bond donors (Lipinski definition) is 1. The van der Waals surface area contributed by atoms with Gasteiger partial charge >= 0.3 is 5.97 Å². The molecule has 2 aromatic rings. The summed E-state index contributed by atoms with van der Waals surface area (Å²) in [5, 5.41) is 19.1. The van der Waals surface area contributed by atoms with E-state index in [1.165, 1.54) is 11.8 Å². The first-order valence-corrected chi connectivity index (χ1v) is 9.33. The Morgan fingerprint density at radius 2 is 1.96 bits per heavy atom. The van der Waals surface area contributed by atoms with E-state index >= 15 is 0 Å². The van der Waals surface area contributed by atoms with Crippen LogP contribution in [0.4, 0.5) is 11.5 Å². The van der Waals surface area contributed by atoms with Crippen LogP contribution in [0.25, 0.3) is 4.85 Å². The van der Waals surface area contributed by atoms with Crippen LogP contribution in [-0.4, -0.2) is 30.2 Å². The minimum atomic E-state index is -0.858. The van der Waals surface area contributed by atoms with Gasteiger partial charge in [-0.3, -0.25) is 4.79 Å². The fourth-order valence-electron chi connectivity index (χ4n) is 2.66. The first kappa shape index (κ1) is 20.3. The van der Waals surface area contributed by atoms with Gasteiger partial charge in [0, 0.05) is 19.8 Å². The van der Waals surface area contributed by atoms with Crippen LogP contribution < -0.4 is 4.90 Å². The summed E-state index contributed by atoms with van der Waals surface area (Å²) in [4.78, 5) is 20.7. The lowest BCUT2D eigenvalue weighted by atomic mass is 10.1. The predicted molar refractivity (Wildman–Crippen MR) is 106 cm³/mol. The number of carboxylic acid groups (broad SMARTS) is 1. The topological polar surface area (TPSA) is 81.6 Å². The lowest BCUT2D eigenvalue weighted by Gasteiger charge is -2.18. The van der Waals surface area contributed by atoms with Crippen LogP contribution in [0, 0.1) is 17.9 Å². The van der Waals surface area contributed by atoms with Crippen LogP contribution >= 0.6 is 11.8 Å². The van der Waals surface area contributed by atoms with Crippen molar-refractivity contribution in [2.24, 2.45) is 0 Å². The number of nitriles is 1. The van der Waals surface area contributed by atoms with Gasteiger partial charge in [-0.15, -0.1) is 11.8 Å². The zero-order valence-electron chi connectivity index (χ0n) is 15.5. The molecule has 0 aliphatic rings. The molecular formula is C20H20N4O2S. The fourth-order valence-corrected chi connectivity index (χ4v) is 3.62. The maximum atomic E-state index is 10.8. The molecule has 0 radical (unpaired) electrons.